The molecule has 0 fully saturated rings. The molecule has 2 rings (SSSR count). The van der Waals surface area contributed by atoms with Crippen molar-refractivity contribution in [3.05, 3.63) is 71.8 Å². The first-order valence-corrected chi connectivity index (χ1v) is 8.46. The lowest BCUT2D eigenvalue weighted by Gasteiger charge is -2.21. The highest BCUT2D eigenvalue weighted by molar-refractivity contribution is 5.50. The van der Waals surface area contributed by atoms with Crippen LogP contribution in [-0.4, -0.2) is 17.0 Å². The fourth-order valence-electron chi connectivity index (χ4n) is 2.54. The number of hydrogen-bond acceptors (Lipinski definition) is 2. The molecule has 2 nitrogen and oxygen atoms in total. The SMILES string of the molecule is CC(C)(CC=O)Cc1ccccc1.CC(C)(O)Cc1ccccc1. The van der Waals surface area contributed by atoms with Crippen LogP contribution in [0.3, 0.4) is 0 Å². The van der Waals surface area contributed by atoms with E-state index in [0.717, 1.165) is 12.7 Å². The molecule has 0 saturated carbocycles. The Kier molecular flexibility index (Phi) is 7.87. The largest absolute Gasteiger partial charge is 0.390 e. The summed E-state index contributed by atoms with van der Waals surface area (Å²) >= 11 is 0. The molecule has 0 spiro atoms. The number of rotatable bonds is 6. The molecular weight excluding hydrogens is 296 g/mol. The van der Waals surface area contributed by atoms with E-state index in [1.807, 2.05) is 62.4 Å². The van der Waals surface area contributed by atoms with E-state index in [1.165, 1.54) is 11.1 Å². The second-order valence-electron chi connectivity index (χ2n) is 7.67. The Morgan fingerprint density at radius 1 is 0.792 bits per heavy atom. The number of aliphatic hydroxyl groups is 1. The standard InChI is InChI=1S/C12H16O.C10H14O/c1-12(2,8-9-13)10-11-6-4-3-5-7-11;1-10(2,11)8-9-6-4-3-5-7-9/h3-7,9H,8,10H2,1-2H3;3-7,11H,8H2,1-2H3. The molecule has 0 aliphatic heterocycles. The van der Waals surface area contributed by atoms with Gasteiger partial charge in [-0.1, -0.05) is 74.5 Å². The van der Waals surface area contributed by atoms with Crippen LogP contribution in [0.15, 0.2) is 60.7 Å². The summed E-state index contributed by atoms with van der Waals surface area (Å²) in [7, 11) is 0. The predicted molar refractivity (Wildman–Crippen MR) is 101 cm³/mol. The van der Waals surface area contributed by atoms with Gasteiger partial charge in [-0.2, -0.15) is 0 Å². The van der Waals surface area contributed by atoms with Crippen LogP contribution in [0.25, 0.3) is 0 Å². The van der Waals surface area contributed by atoms with Gasteiger partial charge in [-0.25, -0.2) is 0 Å². The van der Waals surface area contributed by atoms with Crippen molar-refractivity contribution in [2.24, 2.45) is 5.41 Å². The van der Waals surface area contributed by atoms with Crippen molar-refractivity contribution in [2.45, 2.75) is 52.6 Å². The molecule has 0 atom stereocenters. The van der Waals surface area contributed by atoms with Crippen LogP contribution in [0.1, 0.15) is 45.2 Å². The van der Waals surface area contributed by atoms with Gasteiger partial charge in [0.15, 0.2) is 0 Å². The van der Waals surface area contributed by atoms with Crippen LogP contribution in [0, 0.1) is 5.41 Å². The first-order chi connectivity index (χ1) is 11.2. The van der Waals surface area contributed by atoms with Crippen molar-refractivity contribution >= 4 is 6.29 Å². The van der Waals surface area contributed by atoms with Gasteiger partial charge in [0.2, 0.25) is 0 Å². The monoisotopic (exact) mass is 326 g/mol. The van der Waals surface area contributed by atoms with Gasteiger partial charge < -0.3 is 9.90 Å². The van der Waals surface area contributed by atoms with Crippen LogP contribution in [0.5, 0.6) is 0 Å². The molecule has 2 aromatic rings. The van der Waals surface area contributed by atoms with E-state index in [0.29, 0.717) is 12.8 Å². The van der Waals surface area contributed by atoms with Crippen LogP contribution < -0.4 is 0 Å². The molecule has 0 bridgehead atoms. The number of benzene rings is 2. The van der Waals surface area contributed by atoms with Crippen LogP contribution in [-0.2, 0) is 17.6 Å². The highest BCUT2D eigenvalue weighted by Gasteiger charge is 2.17. The topological polar surface area (TPSA) is 37.3 Å². The zero-order valence-electron chi connectivity index (χ0n) is 15.3. The van der Waals surface area contributed by atoms with Crippen molar-refractivity contribution in [1.29, 1.82) is 0 Å². The minimum absolute atomic E-state index is 0.0864. The van der Waals surface area contributed by atoms with Crippen molar-refractivity contribution in [3.8, 4) is 0 Å². The predicted octanol–water partition coefficient (Wildman–Crippen LogP) is 4.84. The highest BCUT2D eigenvalue weighted by Crippen LogP contribution is 2.24. The second kappa shape index (κ2) is 9.39. The normalized spacial score (nSPS) is 11.4. The molecule has 0 amide bonds. The molecule has 0 unspecified atom stereocenters. The number of carbonyl (C=O) groups is 1. The van der Waals surface area contributed by atoms with Gasteiger partial charge >= 0.3 is 0 Å². The fourth-order valence-corrected chi connectivity index (χ4v) is 2.54. The first-order valence-electron chi connectivity index (χ1n) is 8.46. The maximum Gasteiger partial charge on any atom is 0.120 e. The zero-order chi connectivity index (χ0) is 18.1. The molecule has 0 aliphatic carbocycles. The molecule has 0 aromatic heterocycles. The number of aldehydes is 1. The average Bonchev–Trinajstić information content (AvgIpc) is 2.47. The second-order valence-corrected chi connectivity index (χ2v) is 7.67. The molecule has 0 aliphatic rings. The van der Waals surface area contributed by atoms with Crippen molar-refractivity contribution in [2.75, 3.05) is 0 Å². The molecule has 24 heavy (non-hydrogen) atoms. The first kappa shape index (κ1) is 20.1. The molecule has 0 saturated heterocycles. The van der Waals surface area contributed by atoms with Crippen molar-refractivity contribution in [3.63, 3.8) is 0 Å². The summed E-state index contributed by atoms with van der Waals surface area (Å²) in [6.45, 7) is 7.88. The van der Waals surface area contributed by atoms with E-state index in [9.17, 15) is 9.90 Å². The van der Waals surface area contributed by atoms with E-state index in [1.54, 1.807) is 0 Å². The van der Waals surface area contributed by atoms with Gasteiger partial charge in [-0.3, -0.25) is 0 Å². The Morgan fingerprint density at radius 2 is 1.21 bits per heavy atom. The lowest BCUT2D eigenvalue weighted by atomic mass is 9.83. The van der Waals surface area contributed by atoms with Crippen LogP contribution in [0.2, 0.25) is 0 Å². The molecule has 2 heteroatoms. The maximum absolute atomic E-state index is 10.4. The number of carbonyl (C=O) groups excluding carboxylic acids is 1. The summed E-state index contributed by atoms with van der Waals surface area (Å²) in [5.74, 6) is 0. The highest BCUT2D eigenvalue weighted by atomic mass is 16.3. The molecule has 2 aromatic carbocycles. The van der Waals surface area contributed by atoms with Gasteiger partial charge in [0.05, 0.1) is 5.60 Å². The summed E-state index contributed by atoms with van der Waals surface area (Å²) in [5.41, 5.74) is 1.97. The maximum atomic E-state index is 10.4. The van der Waals surface area contributed by atoms with Crippen molar-refractivity contribution < 1.29 is 9.90 Å². The average molecular weight is 326 g/mol. The lowest BCUT2D eigenvalue weighted by molar-refractivity contribution is -0.109. The molecule has 130 valence electrons. The quantitative estimate of drug-likeness (QED) is 0.771. The Labute approximate surface area is 146 Å². The minimum Gasteiger partial charge on any atom is -0.390 e. The molecule has 0 heterocycles. The summed E-state index contributed by atoms with van der Waals surface area (Å²) < 4.78 is 0. The Balaban J connectivity index is 0.000000243. The van der Waals surface area contributed by atoms with Crippen molar-refractivity contribution in [1.82, 2.24) is 0 Å². The van der Waals surface area contributed by atoms with Crippen LogP contribution in [0.4, 0.5) is 0 Å². The summed E-state index contributed by atoms with van der Waals surface area (Å²) in [4.78, 5) is 10.4. The molecule has 0 radical (unpaired) electrons. The van der Waals surface area contributed by atoms with Gasteiger partial charge in [0.25, 0.3) is 0 Å². The van der Waals surface area contributed by atoms with E-state index < -0.39 is 5.60 Å². The third-order valence-electron chi connectivity index (χ3n) is 3.64. The van der Waals surface area contributed by atoms with Crippen LogP contribution >= 0.6 is 0 Å². The molecule has 1 N–H and O–H groups in total. The summed E-state index contributed by atoms with van der Waals surface area (Å²) in [6.07, 6.45) is 3.31. The third kappa shape index (κ3) is 9.26. The van der Waals surface area contributed by atoms with Gasteiger partial charge in [-0.05, 0) is 36.8 Å². The fraction of sp³-hybridized carbons (Fsp3) is 0.409. The van der Waals surface area contributed by atoms with E-state index in [4.69, 9.17) is 0 Å². The molecular formula is C22H30O2. The summed E-state index contributed by atoms with van der Waals surface area (Å²) in [6, 6.07) is 20.3. The van der Waals surface area contributed by atoms with E-state index >= 15 is 0 Å². The minimum atomic E-state index is -0.596. The number of hydrogen-bond donors (Lipinski definition) is 1. The Morgan fingerprint density at radius 3 is 1.58 bits per heavy atom. The zero-order valence-corrected chi connectivity index (χ0v) is 15.3. The lowest BCUT2D eigenvalue weighted by Crippen LogP contribution is -2.21. The van der Waals surface area contributed by atoms with E-state index in [-0.39, 0.29) is 5.41 Å². The van der Waals surface area contributed by atoms with Gasteiger partial charge in [-0.15, -0.1) is 0 Å². The summed E-state index contributed by atoms with van der Waals surface area (Å²) in [5, 5.41) is 9.47. The van der Waals surface area contributed by atoms with E-state index in [2.05, 4.69) is 26.0 Å². The van der Waals surface area contributed by atoms with Gasteiger partial charge in [0.1, 0.15) is 6.29 Å². The smallest absolute Gasteiger partial charge is 0.120 e. The third-order valence-corrected chi connectivity index (χ3v) is 3.64. The van der Waals surface area contributed by atoms with Gasteiger partial charge in [0, 0.05) is 12.8 Å². The Hall–Kier alpha value is -1.93. The Bertz CT molecular complexity index is 580.